The number of thioether (sulfide) groups is 1. The minimum absolute atomic E-state index is 0.559. The van der Waals surface area contributed by atoms with E-state index in [-0.39, 0.29) is 0 Å². The molecule has 0 fully saturated rings. The van der Waals surface area contributed by atoms with Crippen LogP contribution < -0.4 is 5.32 Å². The molecule has 0 aliphatic heterocycles. The lowest BCUT2D eigenvalue weighted by molar-refractivity contribution is 0.510. The molecule has 0 amide bonds. The van der Waals surface area contributed by atoms with Crippen molar-refractivity contribution in [3.63, 3.8) is 0 Å². The van der Waals surface area contributed by atoms with Gasteiger partial charge in [-0.05, 0) is 19.4 Å². The molecule has 0 aliphatic rings. The van der Waals surface area contributed by atoms with E-state index < -0.39 is 0 Å². The molecule has 1 aromatic rings. The topological polar surface area (TPSA) is 53.6 Å². The molecule has 0 saturated heterocycles. The fourth-order valence-corrected chi connectivity index (χ4v) is 1.96. The molecular weight excluding hydrogens is 208 g/mol. The zero-order valence-electron chi connectivity index (χ0n) is 9.87. The average Bonchev–Trinajstić information content (AvgIpc) is 2.58. The van der Waals surface area contributed by atoms with Gasteiger partial charge in [0.25, 0.3) is 0 Å². The van der Waals surface area contributed by atoms with E-state index in [9.17, 15) is 0 Å². The molecule has 1 rings (SSSR count). The first kappa shape index (κ1) is 12.5. The average molecular weight is 228 g/mol. The molecule has 0 radical (unpaired) electrons. The third-order valence-electron chi connectivity index (χ3n) is 1.95. The third-order valence-corrected chi connectivity index (χ3v) is 3.12. The maximum Gasteiger partial charge on any atom is 0.208 e. The highest BCUT2D eigenvalue weighted by molar-refractivity contribution is 7.99. The van der Waals surface area contributed by atoms with Gasteiger partial charge in [0, 0.05) is 11.8 Å². The number of rotatable bonds is 6. The number of hydrogen-bond acceptors (Lipinski definition) is 4. The predicted molar refractivity (Wildman–Crippen MR) is 64.1 cm³/mol. The highest BCUT2D eigenvalue weighted by atomic mass is 32.2. The molecule has 0 spiro atoms. The van der Waals surface area contributed by atoms with Crippen LogP contribution in [0.5, 0.6) is 0 Å². The van der Waals surface area contributed by atoms with Crippen molar-refractivity contribution in [1.29, 1.82) is 0 Å². The van der Waals surface area contributed by atoms with E-state index >= 15 is 0 Å². The van der Waals surface area contributed by atoms with E-state index in [4.69, 9.17) is 0 Å². The summed E-state index contributed by atoms with van der Waals surface area (Å²) in [6.45, 7) is 9.54. The second-order valence-electron chi connectivity index (χ2n) is 4.18. The fraction of sp³-hybridized carbons (Fsp3) is 0.800. The molecule has 86 valence electrons. The van der Waals surface area contributed by atoms with Crippen LogP contribution in [0.3, 0.4) is 0 Å². The summed E-state index contributed by atoms with van der Waals surface area (Å²) in [7, 11) is 0. The lowest BCUT2D eigenvalue weighted by Crippen LogP contribution is -2.28. The second-order valence-corrected chi connectivity index (χ2v) is 5.17. The van der Waals surface area contributed by atoms with Gasteiger partial charge in [0.15, 0.2) is 0 Å². The van der Waals surface area contributed by atoms with Crippen LogP contribution in [0.25, 0.3) is 0 Å². The molecule has 0 aromatic carbocycles. The highest BCUT2D eigenvalue weighted by Gasteiger charge is 2.06. The first-order valence-electron chi connectivity index (χ1n) is 5.33. The summed E-state index contributed by atoms with van der Waals surface area (Å²) in [5, 5.41) is 11.2. The van der Waals surface area contributed by atoms with Gasteiger partial charge in [-0.15, -0.1) is 5.10 Å². The molecule has 0 bridgehead atoms. The van der Waals surface area contributed by atoms with E-state index in [1.165, 1.54) is 0 Å². The van der Waals surface area contributed by atoms with Crippen LogP contribution in [-0.4, -0.2) is 33.5 Å². The van der Waals surface area contributed by atoms with Crippen LogP contribution in [0.2, 0.25) is 0 Å². The van der Waals surface area contributed by atoms with Crippen molar-refractivity contribution in [1.82, 2.24) is 20.5 Å². The van der Waals surface area contributed by atoms with Crippen LogP contribution in [-0.2, 0) is 0 Å². The van der Waals surface area contributed by atoms with Crippen LogP contribution in [0.15, 0.2) is 5.16 Å². The monoisotopic (exact) mass is 228 g/mol. The predicted octanol–water partition coefficient (Wildman–Crippen LogP) is 1.84. The van der Waals surface area contributed by atoms with Crippen molar-refractivity contribution >= 4 is 11.8 Å². The highest BCUT2D eigenvalue weighted by Crippen LogP contribution is 2.15. The fourth-order valence-electron chi connectivity index (χ4n) is 1.10. The summed E-state index contributed by atoms with van der Waals surface area (Å²) in [5.74, 6) is 2.57. The van der Waals surface area contributed by atoms with Gasteiger partial charge in [0.1, 0.15) is 5.82 Å². The Balaban J connectivity index is 2.19. The maximum atomic E-state index is 4.25. The van der Waals surface area contributed by atoms with Crippen molar-refractivity contribution in [3.8, 4) is 0 Å². The molecule has 2 N–H and O–H groups in total. The van der Waals surface area contributed by atoms with E-state index in [0.29, 0.717) is 12.0 Å². The Labute approximate surface area is 95.6 Å². The van der Waals surface area contributed by atoms with Crippen molar-refractivity contribution < 1.29 is 0 Å². The van der Waals surface area contributed by atoms with Gasteiger partial charge >= 0.3 is 0 Å². The van der Waals surface area contributed by atoms with E-state index in [0.717, 1.165) is 23.3 Å². The third kappa shape index (κ3) is 5.18. The van der Waals surface area contributed by atoms with Crippen LogP contribution in [0.4, 0.5) is 0 Å². The number of aryl methyl sites for hydroxylation is 1. The standard InChI is InChI=1S/C10H20N4S/c1-7(2)11-5-8(3)6-15-10-12-9(4)13-14-10/h7-8,11H,5-6H2,1-4H3,(H,12,13,14). The molecule has 1 unspecified atom stereocenters. The van der Waals surface area contributed by atoms with E-state index in [1.54, 1.807) is 11.8 Å². The summed E-state index contributed by atoms with van der Waals surface area (Å²) in [4.78, 5) is 4.25. The molecule has 1 aromatic heterocycles. The maximum absolute atomic E-state index is 4.25. The van der Waals surface area contributed by atoms with Crippen molar-refractivity contribution in [2.45, 2.75) is 38.9 Å². The van der Waals surface area contributed by atoms with Crippen molar-refractivity contribution in [2.75, 3.05) is 12.3 Å². The molecular formula is C10H20N4S. The Morgan fingerprint density at radius 1 is 1.40 bits per heavy atom. The summed E-state index contributed by atoms with van der Waals surface area (Å²) in [6.07, 6.45) is 0. The van der Waals surface area contributed by atoms with Crippen molar-refractivity contribution in [3.05, 3.63) is 5.82 Å². The molecule has 0 aliphatic carbocycles. The van der Waals surface area contributed by atoms with Crippen LogP contribution in [0.1, 0.15) is 26.6 Å². The molecule has 5 heteroatoms. The summed E-state index contributed by atoms with van der Waals surface area (Å²) >= 11 is 1.71. The van der Waals surface area contributed by atoms with Gasteiger partial charge in [-0.1, -0.05) is 32.5 Å². The Morgan fingerprint density at radius 2 is 2.13 bits per heavy atom. The number of nitrogens with zero attached hydrogens (tertiary/aromatic N) is 2. The van der Waals surface area contributed by atoms with Gasteiger partial charge in [0.2, 0.25) is 5.16 Å². The number of H-pyrrole nitrogens is 1. The Kier molecular flexibility index (Phi) is 5.11. The van der Waals surface area contributed by atoms with Crippen molar-refractivity contribution in [2.24, 2.45) is 5.92 Å². The summed E-state index contributed by atoms with van der Waals surface area (Å²) < 4.78 is 0. The Morgan fingerprint density at radius 3 is 2.67 bits per heavy atom. The number of hydrogen-bond donors (Lipinski definition) is 2. The van der Waals surface area contributed by atoms with Crippen LogP contribution in [0, 0.1) is 12.8 Å². The largest absolute Gasteiger partial charge is 0.314 e. The first-order valence-corrected chi connectivity index (χ1v) is 6.31. The zero-order valence-corrected chi connectivity index (χ0v) is 10.7. The molecule has 1 atom stereocenters. The minimum Gasteiger partial charge on any atom is -0.314 e. The molecule has 1 heterocycles. The van der Waals surface area contributed by atoms with Gasteiger partial charge in [-0.2, -0.15) is 0 Å². The van der Waals surface area contributed by atoms with E-state index in [2.05, 4.69) is 41.3 Å². The van der Waals surface area contributed by atoms with Gasteiger partial charge < -0.3 is 5.32 Å². The normalized spacial score (nSPS) is 13.4. The Bertz CT molecular complexity index is 285. The zero-order chi connectivity index (χ0) is 11.3. The molecule has 4 nitrogen and oxygen atoms in total. The SMILES string of the molecule is Cc1nc(SCC(C)CNC(C)C)n[nH]1. The number of nitrogens with one attached hydrogen (secondary N) is 2. The number of aromatic nitrogens is 3. The lowest BCUT2D eigenvalue weighted by atomic mass is 10.2. The Hall–Kier alpha value is -0.550. The first-order chi connectivity index (χ1) is 7.08. The quantitative estimate of drug-likeness (QED) is 0.730. The van der Waals surface area contributed by atoms with Gasteiger partial charge in [-0.25, -0.2) is 4.98 Å². The van der Waals surface area contributed by atoms with Gasteiger partial charge in [0.05, 0.1) is 0 Å². The molecule has 0 saturated carbocycles. The lowest BCUT2D eigenvalue weighted by Gasteiger charge is -2.13. The summed E-state index contributed by atoms with van der Waals surface area (Å²) in [6, 6.07) is 0.559. The van der Waals surface area contributed by atoms with E-state index in [1.807, 2.05) is 6.92 Å². The smallest absolute Gasteiger partial charge is 0.208 e. The minimum atomic E-state index is 0.559. The second kappa shape index (κ2) is 6.12. The van der Waals surface area contributed by atoms with Crippen LogP contribution >= 0.6 is 11.8 Å². The summed E-state index contributed by atoms with van der Waals surface area (Å²) in [5.41, 5.74) is 0. The number of aromatic amines is 1. The van der Waals surface area contributed by atoms with Gasteiger partial charge in [-0.3, -0.25) is 5.10 Å². The molecule has 15 heavy (non-hydrogen) atoms.